The third kappa shape index (κ3) is 7.49. The van der Waals surface area contributed by atoms with Crippen LogP contribution in [0.2, 0.25) is 0 Å². The van der Waals surface area contributed by atoms with Crippen LogP contribution in [0.4, 0.5) is 0 Å². The molecule has 5 heteroatoms. The predicted molar refractivity (Wildman–Crippen MR) is 246 cm³/mol. The molecule has 7 rings (SSSR count). The number of nitrogens with zero attached hydrogens (tertiary/aromatic N) is 4. The fraction of sp³-hybridized carbons (Fsp3) is 0.396. The molecule has 0 radical (unpaired) electrons. The van der Waals surface area contributed by atoms with Gasteiger partial charge in [-0.05, 0) is 115 Å². The number of para-hydroxylation sites is 1. The molecule has 0 aliphatic carbocycles. The SMILES string of the molecule is Cc1ccnc(-n2c3ccccc3c3ccc(Oc4cccc(-n5cc(-c6c(C(C)(C)C)c(C(C)(C)C)c(C(C)(C)C)c(C(C)(C)C)c6C(C)(C)C)cn5)c4)cc32)c1. The summed E-state index contributed by atoms with van der Waals surface area (Å²) in [5.41, 5.74) is 13.5. The van der Waals surface area contributed by atoms with Crippen molar-refractivity contribution in [2.45, 2.75) is 138 Å². The van der Waals surface area contributed by atoms with Crippen LogP contribution < -0.4 is 4.74 Å². The lowest BCUT2D eigenvalue weighted by Crippen LogP contribution is -2.36. The van der Waals surface area contributed by atoms with Crippen LogP contribution in [0.1, 0.15) is 137 Å². The minimum atomic E-state index is -0.133. The van der Waals surface area contributed by atoms with Crippen LogP contribution in [0, 0.1) is 6.92 Å². The summed E-state index contributed by atoms with van der Waals surface area (Å²) in [5.74, 6) is 2.40. The maximum Gasteiger partial charge on any atom is 0.137 e. The number of rotatable bonds is 5. The second-order valence-corrected chi connectivity index (χ2v) is 21.5. The van der Waals surface area contributed by atoms with Crippen LogP contribution >= 0.6 is 0 Å². The van der Waals surface area contributed by atoms with Crippen molar-refractivity contribution in [1.82, 2.24) is 19.3 Å². The van der Waals surface area contributed by atoms with Crippen LogP contribution in [0.5, 0.6) is 11.5 Å². The van der Waals surface area contributed by atoms with Crippen molar-refractivity contribution < 1.29 is 4.74 Å². The molecule has 302 valence electrons. The average molecular weight is 773 g/mol. The lowest BCUT2D eigenvalue weighted by Gasteiger charge is -2.46. The van der Waals surface area contributed by atoms with E-state index in [9.17, 15) is 0 Å². The Bertz CT molecular complexity index is 2620. The molecule has 3 aromatic heterocycles. The molecule has 0 saturated carbocycles. The molecule has 0 fully saturated rings. The van der Waals surface area contributed by atoms with Crippen LogP contribution in [-0.4, -0.2) is 19.3 Å². The molecule has 0 saturated heterocycles. The van der Waals surface area contributed by atoms with Gasteiger partial charge in [-0.3, -0.25) is 4.57 Å². The van der Waals surface area contributed by atoms with Crippen LogP contribution in [0.15, 0.2) is 97.5 Å². The Kier molecular flexibility index (Phi) is 9.90. The van der Waals surface area contributed by atoms with Crippen molar-refractivity contribution in [3.8, 4) is 34.1 Å². The molecule has 0 amide bonds. The summed E-state index contributed by atoms with van der Waals surface area (Å²) in [4.78, 5) is 4.76. The van der Waals surface area contributed by atoms with E-state index in [1.54, 1.807) is 0 Å². The molecule has 58 heavy (non-hydrogen) atoms. The van der Waals surface area contributed by atoms with Crippen molar-refractivity contribution in [2.24, 2.45) is 0 Å². The second-order valence-electron chi connectivity index (χ2n) is 21.5. The van der Waals surface area contributed by atoms with Gasteiger partial charge in [-0.2, -0.15) is 5.10 Å². The third-order valence-electron chi connectivity index (χ3n) is 11.2. The number of hydrogen-bond donors (Lipinski definition) is 0. The molecule has 0 aliphatic heterocycles. The van der Waals surface area contributed by atoms with E-state index >= 15 is 0 Å². The Hall–Kier alpha value is -5.16. The number of ether oxygens (including phenoxy) is 1. The summed E-state index contributed by atoms with van der Waals surface area (Å²) in [5, 5.41) is 7.43. The number of aryl methyl sites for hydroxylation is 1. The van der Waals surface area contributed by atoms with Gasteiger partial charge in [-0.15, -0.1) is 0 Å². The minimum absolute atomic E-state index is 0.0625. The first-order valence-electron chi connectivity index (χ1n) is 20.9. The zero-order valence-electron chi connectivity index (χ0n) is 37.9. The maximum atomic E-state index is 6.65. The zero-order valence-corrected chi connectivity index (χ0v) is 37.9. The highest BCUT2D eigenvalue weighted by Crippen LogP contribution is 2.54. The molecular formula is C53H64N4O. The summed E-state index contributed by atoms with van der Waals surface area (Å²) in [6.07, 6.45) is 6.18. The maximum absolute atomic E-state index is 6.65. The number of hydrogen-bond acceptors (Lipinski definition) is 3. The summed E-state index contributed by atoms with van der Waals surface area (Å²) in [7, 11) is 0. The standard InChI is InChI=1S/C53H64N4O/c1-33-26-27-54-42(28-33)57-40-23-18-17-22-38(40)39-25-24-37(30-41(39)57)58-36-21-19-20-35(29-36)56-32-34(31-55-56)43-44(49(2,3)4)46(51(8,9)10)48(53(14,15)16)47(52(11,12)13)45(43)50(5,6)7/h17-32H,1-16H3. The fourth-order valence-electron chi connectivity index (χ4n) is 9.11. The average Bonchev–Trinajstić information content (AvgIpc) is 3.72. The zero-order chi connectivity index (χ0) is 42.3. The van der Waals surface area contributed by atoms with Gasteiger partial charge in [0.05, 0.1) is 22.9 Å². The highest BCUT2D eigenvalue weighted by atomic mass is 16.5. The largest absolute Gasteiger partial charge is 0.457 e. The van der Waals surface area contributed by atoms with Gasteiger partial charge in [0.15, 0.2) is 0 Å². The van der Waals surface area contributed by atoms with Gasteiger partial charge in [0, 0.05) is 40.9 Å². The lowest BCUT2D eigenvalue weighted by molar-refractivity contribution is 0.461. The highest BCUT2D eigenvalue weighted by molar-refractivity contribution is 6.09. The normalized spacial score (nSPS) is 13.2. The van der Waals surface area contributed by atoms with Crippen molar-refractivity contribution in [1.29, 1.82) is 0 Å². The van der Waals surface area contributed by atoms with E-state index in [1.165, 1.54) is 38.8 Å². The number of aromatic nitrogens is 4. The molecule has 3 heterocycles. The van der Waals surface area contributed by atoms with E-state index in [-0.39, 0.29) is 27.1 Å². The molecule has 0 spiro atoms. The number of benzene rings is 4. The van der Waals surface area contributed by atoms with Crippen LogP contribution in [0.25, 0.3) is 44.4 Å². The summed E-state index contributed by atoms with van der Waals surface area (Å²) < 4.78 is 10.9. The Balaban J connectivity index is 1.38. The molecule has 0 unspecified atom stereocenters. The van der Waals surface area contributed by atoms with E-state index < -0.39 is 0 Å². The van der Waals surface area contributed by atoms with E-state index in [4.69, 9.17) is 14.8 Å². The monoisotopic (exact) mass is 773 g/mol. The molecule has 5 nitrogen and oxygen atoms in total. The van der Waals surface area contributed by atoms with Crippen molar-refractivity contribution in [2.75, 3.05) is 0 Å². The van der Waals surface area contributed by atoms with E-state index in [1.807, 2.05) is 29.1 Å². The smallest absolute Gasteiger partial charge is 0.137 e. The predicted octanol–water partition coefficient (Wildman–Crippen LogP) is 14.6. The molecule has 4 aromatic carbocycles. The van der Waals surface area contributed by atoms with Crippen LogP contribution in [0.3, 0.4) is 0 Å². The number of fused-ring (bicyclic) bond motifs is 3. The van der Waals surface area contributed by atoms with Crippen molar-refractivity contribution in [3.05, 3.63) is 131 Å². The first-order valence-corrected chi connectivity index (χ1v) is 20.9. The topological polar surface area (TPSA) is 44.9 Å². The summed E-state index contributed by atoms with van der Waals surface area (Å²) >= 11 is 0. The Morgan fingerprint density at radius 2 is 1.07 bits per heavy atom. The summed E-state index contributed by atoms with van der Waals surface area (Å²) in [6, 6.07) is 27.3. The van der Waals surface area contributed by atoms with Crippen molar-refractivity contribution >= 4 is 21.8 Å². The molecule has 0 bridgehead atoms. The van der Waals surface area contributed by atoms with Gasteiger partial charge in [0.2, 0.25) is 0 Å². The van der Waals surface area contributed by atoms with Crippen LogP contribution in [-0.2, 0) is 27.1 Å². The lowest BCUT2D eigenvalue weighted by atomic mass is 9.58. The molecule has 0 N–H and O–H groups in total. The van der Waals surface area contributed by atoms with E-state index in [0.29, 0.717) is 0 Å². The summed E-state index contributed by atoms with van der Waals surface area (Å²) in [6.45, 7) is 38.0. The molecule has 0 atom stereocenters. The molecular weight excluding hydrogens is 709 g/mol. The number of pyridine rings is 1. The quantitative estimate of drug-likeness (QED) is 0.175. The third-order valence-corrected chi connectivity index (χ3v) is 11.2. The Morgan fingerprint density at radius 3 is 1.66 bits per heavy atom. The van der Waals surface area contributed by atoms with Gasteiger partial charge in [-0.25, -0.2) is 9.67 Å². The van der Waals surface area contributed by atoms with Gasteiger partial charge in [0.1, 0.15) is 17.3 Å². The Labute approximate surface area is 347 Å². The van der Waals surface area contributed by atoms with Gasteiger partial charge < -0.3 is 4.74 Å². The first-order chi connectivity index (χ1) is 26.9. The molecule has 7 aromatic rings. The Morgan fingerprint density at radius 1 is 0.517 bits per heavy atom. The second kappa shape index (κ2) is 14.0. The fourth-order valence-corrected chi connectivity index (χ4v) is 9.11. The van der Waals surface area contributed by atoms with E-state index in [0.717, 1.165) is 50.6 Å². The van der Waals surface area contributed by atoms with Gasteiger partial charge >= 0.3 is 0 Å². The van der Waals surface area contributed by atoms with Gasteiger partial charge in [0.25, 0.3) is 0 Å². The van der Waals surface area contributed by atoms with Crippen molar-refractivity contribution in [3.63, 3.8) is 0 Å². The highest BCUT2D eigenvalue weighted by Gasteiger charge is 2.43. The van der Waals surface area contributed by atoms with E-state index in [2.05, 4.69) is 188 Å². The first kappa shape index (κ1) is 41.0. The van der Waals surface area contributed by atoms with Gasteiger partial charge in [-0.1, -0.05) is 128 Å². The molecule has 0 aliphatic rings. The minimum Gasteiger partial charge on any atom is -0.457 e.